The van der Waals surface area contributed by atoms with E-state index in [0.29, 0.717) is 17.2 Å². The number of hydrogen-bond donors (Lipinski definition) is 0. The minimum Gasteiger partial charge on any atom is -0.456 e. The molecule has 0 saturated carbocycles. The van der Waals surface area contributed by atoms with Crippen molar-refractivity contribution in [3.05, 3.63) is 93.2 Å². The number of furan rings is 1. The normalized spacial score (nSPS) is 13.2. The summed E-state index contributed by atoms with van der Waals surface area (Å²) in [6, 6.07) is 21.8. The molecule has 0 bridgehead atoms. The fourth-order valence-corrected chi connectivity index (χ4v) is 3.81. The highest BCUT2D eigenvalue weighted by atomic mass is 16.4. The molecule has 0 unspecified atom stereocenters. The molecule has 0 atom stereocenters. The highest BCUT2D eigenvalue weighted by Crippen LogP contribution is 2.29. The molecule has 2 heterocycles. The van der Waals surface area contributed by atoms with Gasteiger partial charge in [0.05, 0.1) is 5.22 Å². The molecule has 3 heteroatoms. The van der Waals surface area contributed by atoms with E-state index in [0.717, 1.165) is 38.1 Å². The van der Waals surface area contributed by atoms with Gasteiger partial charge >= 0.3 is 5.63 Å². The van der Waals surface area contributed by atoms with E-state index in [2.05, 4.69) is 12.1 Å². The number of benzene rings is 3. The van der Waals surface area contributed by atoms with Crippen LogP contribution in [0.25, 0.3) is 45.1 Å². The molecule has 0 aliphatic carbocycles. The van der Waals surface area contributed by atoms with Crippen LogP contribution in [0.15, 0.2) is 80.4 Å². The van der Waals surface area contributed by atoms with E-state index in [1.807, 2.05) is 73.7 Å². The summed E-state index contributed by atoms with van der Waals surface area (Å²) in [6.07, 6.45) is 4.56. The van der Waals surface area contributed by atoms with Gasteiger partial charge in [-0.15, -0.1) is 0 Å². The van der Waals surface area contributed by atoms with Crippen LogP contribution in [0.1, 0.15) is 12.5 Å². The molecule has 5 rings (SSSR count). The molecule has 0 saturated heterocycles. The molecule has 0 fully saturated rings. The van der Waals surface area contributed by atoms with E-state index >= 15 is 0 Å². The van der Waals surface area contributed by atoms with Gasteiger partial charge in [-0.25, -0.2) is 4.79 Å². The van der Waals surface area contributed by atoms with Crippen molar-refractivity contribution in [2.24, 2.45) is 0 Å². The Labute approximate surface area is 160 Å². The van der Waals surface area contributed by atoms with Crippen molar-refractivity contribution in [3.8, 4) is 0 Å². The van der Waals surface area contributed by atoms with Gasteiger partial charge in [0.1, 0.15) is 16.7 Å². The van der Waals surface area contributed by atoms with Crippen molar-refractivity contribution < 1.29 is 8.83 Å². The first kappa shape index (κ1) is 16.6. The lowest BCUT2D eigenvalue weighted by atomic mass is 10.1. The third-order valence-corrected chi connectivity index (χ3v) is 5.16. The van der Waals surface area contributed by atoms with E-state index in [9.17, 15) is 4.79 Å². The second-order valence-corrected chi connectivity index (χ2v) is 6.84. The van der Waals surface area contributed by atoms with Gasteiger partial charge < -0.3 is 8.83 Å². The quantitative estimate of drug-likeness (QED) is 0.432. The van der Waals surface area contributed by atoms with Crippen LogP contribution in [-0.4, -0.2) is 0 Å². The van der Waals surface area contributed by atoms with Crippen molar-refractivity contribution in [1.82, 2.24) is 0 Å². The zero-order valence-corrected chi connectivity index (χ0v) is 15.4. The summed E-state index contributed by atoms with van der Waals surface area (Å²) in [5.74, 6) is 0. The predicted octanol–water partition coefficient (Wildman–Crippen LogP) is 4.52. The van der Waals surface area contributed by atoms with E-state index in [1.165, 1.54) is 0 Å². The summed E-state index contributed by atoms with van der Waals surface area (Å²) in [7, 11) is 0. The van der Waals surface area contributed by atoms with Crippen LogP contribution in [0.2, 0.25) is 0 Å². The Kier molecular flexibility index (Phi) is 3.87. The molecule has 0 aliphatic rings. The van der Waals surface area contributed by atoms with Crippen molar-refractivity contribution in [2.45, 2.75) is 13.3 Å². The summed E-state index contributed by atoms with van der Waals surface area (Å²) < 4.78 is 11.4. The van der Waals surface area contributed by atoms with Gasteiger partial charge in [-0.2, -0.15) is 0 Å². The second kappa shape index (κ2) is 6.54. The van der Waals surface area contributed by atoms with Crippen LogP contribution >= 0.6 is 0 Å². The SMILES string of the molecule is C/C=c1\c(=C/Cc2ccc3oc4ccccc4c3c2)c(=O)oc2ccccc12. The maximum absolute atomic E-state index is 12.5. The van der Waals surface area contributed by atoms with E-state index in [4.69, 9.17) is 8.83 Å². The molecule has 2 aromatic heterocycles. The Morgan fingerprint density at radius 3 is 2.21 bits per heavy atom. The molecule has 5 aromatic rings. The molecule has 136 valence electrons. The Morgan fingerprint density at radius 1 is 0.750 bits per heavy atom. The monoisotopic (exact) mass is 366 g/mol. The van der Waals surface area contributed by atoms with Crippen LogP contribution in [0.4, 0.5) is 0 Å². The first-order valence-corrected chi connectivity index (χ1v) is 9.33. The third-order valence-electron chi connectivity index (χ3n) is 5.16. The third kappa shape index (κ3) is 2.64. The zero-order valence-electron chi connectivity index (χ0n) is 15.4. The van der Waals surface area contributed by atoms with Gasteiger partial charge in [-0.1, -0.05) is 54.6 Å². The van der Waals surface area contributed by atoms with Crippen LogP contribution in [-0.2, 0) is 6.42 Å². The van der Waals surface area contributed by atoms with E-state index in [-0.39, 0.29) is 5.63 Å². The van der Waals surface area contributed by atoms with Crippen LogP contribution in [0, 0.1) is 0 Å². The lowest BCUT2D eigenvalue weighted by Gasteiger charge is -2.00. The molecular weight excluding hydrogens is 348 g/mol. The Balaban J connectivity index is 1.66. The van der Waals surface area contributed by atoms with Crippen LogP contribution in [0.3, 0.4) is 0 Å². The Bertz CT molecular complexity index is 1520. The predicted molar refractivity (Wildman–Crippen MR) is 114 cm³/mol. The Hall–Kier alpha value is -3.59. The number of hydrogen-bond acceptors (Lipinski definition) is 3. The maximum Gasteiger partial charge on any atom is 0.343 e. The Morgan fingerprint density at radius 2 is 1.43 bits per heavy atom. The fraction of sp³-hybridized carbons (Fsp3) is 0.0800. The standard InChI is InChI=1S/C25H18O3/c1-2-17-18-7-3-6-10-23(18)28-25(26)20(17)13-11-16-12-14-24-21(15-16)19-8-4-5-9-22(19)27-24/h2-10,12-15H,11H2,1H3/b17-2-,20-13+. The van der Waals surface area contributed by atoms with Gasteiger partial charge in [-0.05, 0) is 48.4 Å². The lowest BCUT2D eigenvalue weighted by molar-refractivity contribution is 0.553. The van der Waals surface area contributed by atoms with Gasteiger partial charge in [0.25, 0.3) is 0 Å². The zero-order chi connectivity index (χ0) is 19.1. The van der Waals surface area contributed by atoms with Crippen molar-refractivity contribution >= 4 is 45.1 Å². The van der Waals surface area contributed by atoms with Crippen LogP contribution in [0.5, 0.6) is 0 Å². The van der Waals surface area contributed by atoms with E-state index in [1.54, 1.807) is 0 Å². The molecule has 3 nitrogen and oxygen atoms in total. The molecule has 0 radical (unpaired) electrons. The van der Waals surface area contributed by atoms with Gasteiger partial charge in [0.15, 0.2) is 0 Å². The second-order valence-electron chi connectivity index (χ2n) is 6.84. The highest BCUT2D eigenvalue weighted by Gasteiger charge is 2.07. The molecule has 28 heavy (non-hydrogen) atoms. The number of para-hydroxylation sites is 2. The number of rotatable bonds is 2. The molecule has 0 aliphatic heterocycles. The summed E-state index contributed by atoms with van der Waals surface area (Å²) in [4.78, 5) is 12.5. The van der Waals surface area contributed by atoms with Crippen molar-refractivity contribution in [2.75, 3.05) is 0 Å². The topological polar surface area (TPSA) is 43.4 Å². The molecule has 3 aromatic carbocycles. The number of fused-ring (bicyclic) bond motifs is 4. The fourth-order valence-electron chi connectivity index (χ4n) is 3.81. The average molecular weight is 366 g/mol. The highest BCUT2D eigenvalue weighted by molar-refractivity contribution is 6.05. The minimum absolute atomic E-state index is 0.304. The van der Waals surface area contributed by atoms with E-state index < -0.39 is 0 Å². The first-order chi connectivity index (χ1) is 13.7. The lowest BCUT2D eigenvalue weighted by Crippen LogP contribution is -2.38. The van der Waals surface area contributed by atoms with Crippen molar-refractivity contribution in [3.63, 3.8) is 0 Å². The van der Waals surface area contributed by atoms with Crippen LogP contribution < -0.4 is 16.1 Å². The van der Waals surface area contributed by atoms with Gasteiger partial charge in [0, 0.05) is 16.2 Å². The molecule has 0 amide bonds. The average Bonchev–Trinajstić information content (AvgIpc) is 3.10. The van der Waals surface area contributed by atoms with Gasteiger partial charge in [0.2, 0.25) is 0 Å². The summed E-state index contributed by atoms with van der Waals surface area (Å²) in [5.41, 5.74) is 3.19. The smallest absolute Gasteiger partial charge is 0.343 e. The largest absolute Gasteiger partial charge is 0.456 e. The maximum atomic E-state index is 12.5. The first-order valence-electron chi connectivity index (χ1n) is 9.33. The molecular formula is C25H18O3. The van der Waals surface area contributed by atoms with Gasteiger partial charge in [-0.3, -0.25) is 0 Å². The summed E-state index contributed by atoms with van der Waals surface area (Å²) in [5, 5.41) is 4.67. The summed E-state index contributed by atoms with van der Waals surface area (Å²) in [6.45, 7) is 1.95. The molecule has 0 spiro atoms. The minimum atomic E-state index is -0.304. The van der Waals surface area contributed by atoms with Crippen molar-refractivity contribution in [1.29, 1.82) is 0 Å². The molecule has 0 N–H and O–H groups in total. The summed E-state index contributed by atoms with van der Waals surface area (Å²) >= 11 is 0.